The van der Waals surface area contributed by atoms with Gasteiger partial charge in [0.2, 0.25) is 0 Å². The first-order chi connectivity index (χ1) is 9.93. The zero-order chi connectivity index (χ0) is 15.5. The molecule has 0 spiro atoms. The lowest BCUT2D eigenvalue weighted by Gasteiger charge is -2.40. The van der Waals surface area contributed by atoms with E-state index in [0.717, 1.165) is 17.6 Å². The Balaban J connectivity index is 2.13. The molecule has 118 valence electrons. The number of anilines is 1. The Morgan fingerprint density at radius 3 is 2.57 bits per heavy atom. The van der Waals surface area contributed by atoms with Crippen LogP contribution >= 0.6 is 15.9 Å². The largest absolute Gasteiger partial charge is 0.371 e. The number of hydrogen-bond acceptors (Lipinski definition) is 2. The molecule has 1 N–H and O–H groups in total. The topological polar surface area (TPSA) is 15.3 Å². The molecule has 0 atom stereocenters. The lowest BCUT2D eigenvalue weighted by Crippen LogP contribution is -2.37. The van der Waals surface area contributed by atoms with Gasteiger partial charge in [0.05, 0.1) is 0 Å². The summed E-state index contributed by atoms with van der Waals surface area (Å²) >= 11 is 3.60. The molecule has 1 saturated carbocycles. The number of nitrogens with one attached hydrogen (secondary N) is 1. The van der Waals surface area contributed by atoms with Crippen LogP contribution in [0.3, 0.4) is 0 Å². The van der Waals surface area contributed by atoms with Gasteiger partial charge in [0.1, 0.15) is 0 Å². The molecular formula is C18H29BrN2. The van der Waals surface area contributed by atoms with Crippen molar-refractivity contribution in [1.29, 1.82) is 0 Å². The maximum absolute atomic E-state index is 3.60. The van der Waals surface area contributed by atoms with Gasteiger partial charge >= 0.3 is 0 Å². The Morgan fingerprint density at radius 1 is 1.29 bits per heavy atom. The lowest BCUT2D eigenvalue weighted by molar-refractivity contribution is 0.222. The van der Waals surface area contributed by atoms with Crippen LogP contribution in [-0.4, -0.2) is 19.6 Å². The molecule has 0 radical (unpaired) electrons. The molecule has 1 aromatic carbocycles. The van der Waals surface area contributed by atoms with Crippen LogP contribution in [0.5, 0.6) is 0 Å². The monoisotopic (exact) mass is 352 g/mol. The van der Waals surface area contributed by atoms with Crippen LogP contribution in [0, 0.1) is 5.41 Å². The van der Waals surface area contributed by atoms with E-state index < -0.39 is 0 Å². The second-order valence-corrected chi connectivity index (χ2v) is 7.98. The van der Waals surface area contributed by atoms with Gasteiger partial charge in [-0.25, -0.2) is 0 Å². The van der Waals surface area contributed by atoms with Crippen molar-refractivity contribution >= 4 is 21.6 Å². The van der Waals surface area contributed by atoms with Crippen molar-refractivity contribution in [1.82, 2.24) is 5.32 Å². The van der Waals surface area contributed by atoms with E-state index in [1.54, 1.807) is 0 Å². The van der Waals surface area contributed by atoms with Crippen molar-refractivity contribution < 1.29 is 0 Å². The van der Waals surface area contributed by atoms with E-state index in [4.69, 9.17) is 0 Å². The molecule has 1 aliphatic carbocycles. The third kappa shape index (κ3) is 4.46. The number of nitrogens with zero attached hydrogens (tertiary/aromatic N) is 1. The minimum atomic E-state index is 0.531. The molecular weight excluding hydrogens is 324 g/mol. The quantitative estimate of drug-likeness (QED) is 0.805. The predicted octanol–water partition coefficient (Wildman–Crippen LogP) is 4.96. The van der Waals surface area contributed by atoms with Crippen molar-refractivity contribution in [3.63, 3.8) is 0 Å². The summed E-state index contributed by atoms with van der Waals surface area (Å²) in [6.45, 7) is 8.91. The molecule has 0 aromatic heterocycles. The maximum Gasteiger partial charge on any atom is 0.0412 e. The highest BCUT2D eigenvalue weighted by Crippen LogP contribution is 2.38. The smallest absolute Gasteiger partial charge is 0.0412 e. The molecule has 1 aliphatic rings. The van der Waals surface area contributed by atoms with Crippen molar-refractivity contribution in [2.24, 2.45) is 5.41 Å². The molecule has 0 aliphatic heterocycles. The van der Waals surface area contributed by atoms with E-state index >= 15 is 0 Å². The molecule has 2 nitrogen and oxygen atoms in total. The Labute approximate surface area is 138 Å². The molecule has 2 rings (SSSR count). The van der Waals surface area contributed by atoms with E-state index in [2.05, 4.69) is 72.2 Å². The Kier molecular flexibility index (Phi) is 5.73. The third-order valence-electron chi connectivity index (χ3n) is 4.84. The normalized spacial score (nSPS) is 18.7. The van der Waals surface area contributed by atoms with E-state index in [-0.39, 0.29) is 0 Å². The van der Waals surface area contributed by atoms with Crippen LogP contribution in [0.25, 0.3) is 0 Å². The minimum absolute atomic E-state index is 0.531. The predicted molar refractivity (Wildman–Crippen MR) is 96.0 cm³/mol. The van der Waals surface area contributed by atoms with Crippen LogP contribution in [0.15, 0.2) is 22.7 Å². The van der Waals surface area contributed by atoms with Gasteiger partial charge in [0.15, 0.2) is 0 Å². The summed E-state index contributed by atoms with van der Waals surface area (Å²) in [4.78, 5) is 2.51. The molecule has 0 unspecified atom stereocenters. The van der Waals surface area contributed by atoms with E-state index in [0.29, 0.717) is 11.5 Å². The van der Waals surface area contributed by atoms with E-state index in [9.17, 15) is 0 Å². The number of halogens is 1. The summed E-state index contributed by atoms with van der Waals surface area (Å²) in [5.41, 5.74) is 3.30. The second-order valence-electron chi connectivity index (χ2n) is 7.06. The molecule has 0 amide bonds. The molecule has 3 heteroatoms. The van der Waals surface area contributed by atoms with Gasteiger partial charge in [-0.05, 0) is 61.4 Å². The summed E-state index contributed by atoms with van der Waals surface area (Å²) < 4.78 is 1.16. The molecule has 1 fully saturated rings. The second kappa shape index (κ2) is 7.15. The van der Waals surface area contributed by atoms with Gasteiger partial charge in [-0.1, -0.05) is 36.7 Å². The molecule has 1 aromatic rings. The van der Waals surface area contributed by atoms with Gasteiger partial charge in [0.25, 0.3) is 0 Å². The van der Waals surface area contributed by atoms with E-state index in [1.165, 1.54) is 36.9 Å². The molecule has 0 heterocycles. The Hall–Kier alpha value is -0.540. The fraction of sp³-hybridized carbons (Fsp3) is 0.667. The average Bonchev–Trinajstić information content (AvgIpc) is 2.44. The van der Waals surface area contributed by atoms with Gasteiger partial charge in [0, 0.05) is 29.8 Å². The average molecular weight is 353 g/mol. The first kappa shape index (κ1) is 16.8. The summed E-state index contributed by atoms with van der Waals surface area (Å²) in [6, 6.07) is 7.35. The Bertz CT molecular complexity index is 460. The Morgan fingerprint density at radius 2 is 1.95 bits per heavy atom. The summed E-state index contributed by atoms with van der Waals surface area (Å²) in [6.07, 6.45) is 5.28. The van der Waals surface area contributed by atoms with Gasteiger partial charge in [-0.3, -0.25) is 0 Å². The fourth-order valence-electron chi connectivity index (χ4n) is 3.27. The summed E-state index contributed by atoms with van der Waals surface area (Å²) in [7, 11) is 2.27. The zero-order valence-electron chi connectivity index (χ0n) is 13.9. The first-order valence-electron chi connectivity index (χ1n) is 8.15. The highest BCUT2D eigenvalue weighted by molar-refractivity contribution is 9.10. The number of hydrogen-bond donors (Lipinski definition) is 1. The number of rotatable bonds is 5. The highest BCUT2D eigenvalue weighted by atomic mass is 79.9. The van der Waals surface area contributed by atoms with Crippen molar-refractivity contribution in [3.05, 3.63) is 28.2 Å². The fourth-order valence-corrected chi connectivity index (χ4v) is 3.68. The number of benzene rings is 1. The van der Waals surface area contributed by atoms with Gasteiger partial charge < -0.3 is 10.2 Å². The lowest BCUT2D eigenvalue weighted by atomic mass is 9.75. The SMILES string of the molecule is CCNCc1cc(Br)ccc1N(C)C1CCC(C)(C)CC1. The highest BCUT2D eigenvalue weighted by Gasteiger charge is 2.29. The van der Waals surface area contributed by atoms with Crippen molar-refractivity contribution in [2.45, 2.75) is 59.0 Å². The maximum atomic E-state index is 3.60. The van der Waals surface area contributed by atoms with Crippen molar-refractivity contribution in [2.75, 3.05) is 18.5 Å². The van der Waals surface area contributed by atoms with Gasteiger partial charge in [-0.2, -0.15) is 0 Å². The standard InChI is InChI=1S/C18H29BrN2/c1-5-20-13-14-12-15(19)6-7-17(14)21(4)16-8-10-18(2,3)11-9-16/h6-7,12,16,20H,5,8-11,13H2,1-4H3. The molecule has 0 bridgehead atoms. The summed E-state index contributed by atoms with van der Waals surface area (Å²) in [5.74, 6) is 0. The van der Waals surface area contributed by atoms with Crippen molar-refractivity contribution in [3.8, 4) is 0 Å². The summed E-state index contributed by atoms with van der Waals surface area (Å²) in [5, 5.41) is 3.46. The van der Waals surface area contributed by atoms with E-state index in [1.807, 2.05) is 0 Å². The van der Waals surface area contributed by atoms with Crippen LogP contribution in [0.4, 0.5) is 5.69 Å². The van der Waals surface area contributed by atoms with Crippen LogP contribution < -0.4 is 10.2 Å². The zero-order valence-corrected chi connectivity index (χ0v) is 15.5. The minimum Gasteiger partial charge on any atom is -0.371 e. The van der Waals surface area contributed by atoms with Crippen LogP contribution in [0.2, 0.25) is 0 Å². The third-order valence-corrected chi connectivity index (χ3v) is 5.34. The van der Waals surface area contributed by atoms with Crippen LogP contribution in [-0.2, 0) is 6.54 Å². The molecule has 0 saturated heterocycles. The molecule has 21 heavy (non-hydrogen) atoms. The van der Waals surface area contributed by atoms with Gasteiger partial charge in [-0.15, -0.1) is 0 Å². The van der Waals surface area contributed by atoms with Crippen LogP contribution in [0.1, 0.15) is 52.0 Å². The first-order valence-corrected chi connectivity index (χ1v) is 8.94.